The maximum atomic E-state index is 13.1. The van der Waals surface area contributed by atoms with Crippen LogP contribution in [-0.2, 0) is 4.74 Å². The van der Waals surface area contributed by atoms with Crippen molar-refractivity contribution >= 4 is 0 Å². The van der Waals surface area contributed by atoms with Crippen LogP contribution in [0.25, 0.3) is 0 Å². The zero-order valence-corrected chi connectivity index (χ0v) is 12.2. The highest BCUT2D eigenvalue weighted by Gasteiger charge is 2.18. The molecule has 0 fully saturated rings. The minimum Gasteiger partial charge on any atom is -0.387 e. The smallest absolute Gasteiger partial charge is 0.159 e. The third-order valence-corrected chi connectivity index (χ3v) is 3.25. The fraction of sp³-hybridized carbons (Fsp3) is 0.600. The normalized spacial score (nSPS) is 13.5. The summed E-state index contributed by atoms with van der Waals surface area (Å²) in [6.45, 7) is 5.88. The number of hydrogen-bond donors (Lipinski definition) is 2. The van der Waals surface area contributed by atoms with Crippen molar-refractivity contribution in [1.29, 1.82) is 0 Å². The molecule has 3 nitrogen and oxygen atoms in total. The number of methoxy groups -OCH3 is 1. The van der Waals surface area contributed by atoms with Crippen molar-refractivity contribution in [1.82, 2.24) is 5.32 Å². The molecule has 114 valence electrons. The molecule has 0 aliphatic heterocycles. The molecule has 5 heteroatoms. The van der Waals surface area contributed by atoms with Gasteiger partial charge in [0.15, 0.2) is 11.6 Å². The zero-order chi connectivity index (χ0) is 15.2. The van der Waals surface area contributed by atoms with Gasteiger partial charge in [-0.25, -0.2) is 8.78 Å². The molecule has 2 N–H and O–H groups in total. The molecule has 0 spiro atoms. The van der Waals surface area contributed by atoms with Gasteiger partial charge in [0, 0.05) is 26.8 Å². The molecule has 0 aromatic heterocycles. The SMILES string of the molecule is COCCC(C)(C)CNCC(O)c1ccc(F)c(F)c1. The highest BCUT2D eigenvalue weighted by atomic mass is 19.2. The number of nitrogens with one attached hydrogen (secondary N) is 1. The Labute approximate surface area is 119 Å². The molecule has 1 rings (SSSR count). The Morgan fingerprint density at radius 3 is 2.60 bits per heavy atom. The molecule has 0 saturated carbocycles. The molecular formula is C15H23F2NO2. The summed E-state index contributed by atoms with van der Waals surface area (Å²) >= 11 is 0. The van der Waals surface area contributed by atoms with Gasteiger partial charge in [-0.15, -0.1) is 0 Å². The van der Waals surface area contributed by atoms with E-state index in [0.29, 0.717) is 25.3 Å². The van der Waals surface area contributed by atoms with Crippen LogP contribution in [0.4, 0.5) is 8.78 Å². The molecule has 0 heterocycles. The van der Waals surface area contributed by atoms with E-state index in [1.165, 1.54) is 6.07 Å². The molecule has 0 bridgehead atoms. The first-order valence-corrected chi connectivity index (χ1v) is 6.68. The molecule has 1 unspecified atom stereocenters. The predicted octanol–water partition coefficient (Wildman–Crippen LogP) is 2.65. The van der Waals surface area contributed by atoms with Gasteiger partial charge in [-0.1, -0.05) is 19.9 Å². The molecule has 1 atom stereocenters. The zero-order valence-electron chi connectivity index (χ0n) is 12.2. The molecule has 0 aliphatic carbocycles. The number of ether oxygens (including phenoxy) is 1. The first-order chi connectivity index (χ1) is 9.35. The van der Waals surface area contributed by atoms with E-state index < -0.39 is 17.7 Å². The van der Waals surface area contributed by atoms with Crippen molar-refractivity contribution in [3.05, 3.63) is 35.4 Å². The van der Waals surface area contributed by atoms with Gasteiger partial charge >= 0.3 is 0 Å². The monoisotopic (exact) mass is 287 g/mol. The molecule has 0 radical (unpaired) electrons. The first kappa shape index (κ1) is 17.0. The Bertz CT molecular complexity index is 424. The predicted molar refractivity (Wildman–Crippen MR) is 74.5 cm³/mol. The van der Waals surface area contributed by atoms with Crippen molar-refractivity contribution in [2.45, 2.75) is 26.4 Å². The Morgan fingerprint density at radius 2 is 2.00 bits per heavy atom. The lowest BCUT2D eigenvalue weighted by Gasteiger charge is -2.25. The van der Waals surface area contributed by atoms with E-state index in [4.69, 9.17) is 4.74 Å². The summed E-state index contributed by atoms with van der Waals surface area (Å²) < 4.78 is 30.9. The van der Waals surface area contributed by atoms with Gasteiger partial charge in [0.25, 0.3) is 0 Å². The molecule has 1 aromatic rings. The van der Waals surface area contributed by atoms with Crippen LogP contribution in [0.2, 0.25) is 0 Å². The summed E-state index contributed by atoms with van der Waals surface area (Å²) in [4.78, 5) is 0. The van der Waals surface area contributed by atoms with E-state index in [0.717, 1.165) is 18.6 Å². The lowest BCUT2D eigenvalue weighted by atomic mass is 9.89. The largest absolute Gasteiger partial charge is 0.387 e. The van der Waals surface area contributed by atoms with Crippen molar-refractivity contribution in [2.75, 3.05) is 26.8 Å². The minimum atomic E-state index is -0.943. The summed E-state index contributed by atoms with van der Waals surface area (Å²) in [6.07, 6.45) is 0.0425. The number of hydrogen-bond acceptors (Lipinski definition) is 3. The van der Waals surface area contributed by atoms with Crippen molar-refractivity contribution in [2.24, 2.45) is 5.41 Å². The van der Waals surface area contributed by atoms with Crippen LogP contribution in [0.15, 0.2) is 18.2 Å². The number of benzene rings is 1. The molecule has 1 aromatic carbocycles. The van der Waals surface area contributed by atoms with Gasteiger partial charge in [0.05, 0.1) is 6.10 Å². The van der Waals surface area contributed by atoms with Crippen LogP contribution < -0.4 is 5.32 Å². The first-order valence-electron chi connectivity index (χ1n) is 6.68. The van der Waals surface area contributed by atoms with E-state index in [-0.39, 0.29) is 5.41 Å². The summed E-state index contributed by atoms with van der Waals surface area (Å²) in [7, 11) is 1.66. The number of aliphatic hydroxyl groups is 1. The molecular weight excluding hydrogens is 264 g/mol. The van der Waals surface area contributed by atoms with E-state index >= 15 is 0 Å². The molecule has 0 amide bonds. The van der Waals surface area contributed by atoms with E-state index in [1.54, 1.807) is 7.11 Å². The summed E-state index contributed by atoms with van der Waals surface area (Å²) in [6, 6.07) is 3.44. The fourth-order valence-electron chi connectivity index (χ4n) is 1.85. The second-order valence-corrected chi connectivity index (χ2v) is 5.73. The highest BCUT2D eigenvalue weighted by Crippen LogP contribution is 2.20. The Kier molecular flexibility index (Phi) is 6.52. The quantitative estimate of drug-likeness (QED) is 0.772. The van der Waals surface area contributed by atoms with E-state index in [2.05, 4.69) is 19.2 Å². The lowest BCUT2D eigenvalue weighted by Crippen LogP contribution is -2.33. The average molecular weight is 287 g/mol. The number of halogens is 2. The van der Waals surface area contributed by atoms with E-state index in [1.807, 2.05) is 0 Å². The number of rotatable bonds is 8. The van der Waals surface area contributed by atoms with Crippen LogP contribution in [0.5, 0.6) is 0 Å². The van der Waals surface area contributed by atoms with Gasteiger partial charge in [-0.2, -0.15) is 0 Å². The van der Waals surface area contributed by atoms with Gasteiger partial charge in [-0.05, 0) is 29.5 Å². The standard InChI is InChI=1S/C15H23F2NO2/c1-15(2,6-7-20-3)10-18-9-14(19)11-4-5-12(16)13(17)8-11/h4-5,8,14,18-19H,6-7,9-10H2,1-3H3. The van der Waals surface area contributed by atoms with Crippen molar-refractivity contribution in [3.63, 3.8) is 0 Å². The van der Waals surface area contributed by atoms with Crippen LogP contribution in [0.3, 0.4) is 0 Å². The Hall–Kier alpha value is -1.04. The highest BCUT2D eigenvalue weighted by molar-refractivity contribution is 5.20. The second kappa shape index (κ2) is 7.67. The second-order valence-electron chi connectivity index (χ2n) is 5.73. The maximum absolute atomic E-state index is 13.1. The Morgan fingerprint density at radius 1 is 1.30 bits per heavy atom. The topological polar surface area (TPSA) is 41.5 Å². The molecule has 0 saturated heterocycles. The van der Waals surface area contributed by atoms with Crippen LogP contribution in [0, 0.1) is 17.0 Å². The lowest BCUT2D eigenvalue weighted by molar-refractivity contribution is 0.140. The van der Waals surface area contributed by atoms with Crippen molar-refractivity contribution < 1.29 is 18.6 Å². The van der Waals surface area contributed by atoms with Crippen LogP contribution in [-0.4, -0.2) is 31.9 Å². The van der Waals surface area contributed by atoms with Gasteiger partial charge in [-0.3, -0.25) is 0 Å². The third-order valence-electron chi connectivity index (χ3n) is 3.25. The summed E-state index contributed by atoms with van der Waals surface area (Å²) in [5, 5.41) is 13.1. The Balaban J connectivity index is 2.43. The average Bonchev–Trinajstić information content (AvgIpc) is 2.39. The summed E-state index contributed by atoms with van der Waals surface area (Å²) in [5.74, 6) is -1.85. The third kappa shape index (κ3) is 5.53. The van der Waals surface area contributed by atoms with Crippen molar-refractivity contribution in [3.8, 4) is 0 Å². The van der Waals surface area contributed by atoms with Gasteiger partial charge in [0.2, 0.25) is 0 Å². The van der Waals surface area contributed by atoms with Gasteiger partial charge < -0.3 is 15.2 Å². The fourth-order valence-corrected chi connectivity index (χ4v) is 1.85. The maximum Gasteiger partial charge on any atom is 0.159 e. The number of aliphatic hydroxyl groups excluding tert-OH is 1. The van der Waals surface area contributed by atoms with Gasteiger partial charge in [0.1, 0.15) is 0 Å². The molecule has 20 heavy (non-hydrogen) atoms. The summed E-state index contributed by atoms with van der Waals surface area (Å²) in [5.41, 5.74) is 0.412. The van der Waals surface area contributed by atoms with Crippen LogP contribution >= 0.6 is 0 Å². The minimum absolute atomic E-state index is 0.0454. The van der Waals surface area contributed by atoms with E-state index in [9.17, 15) is 13.9 Å². The van der Waals surface area contributed by atoms with Crippen LogP contribution in [0.1, 0.15) is 31.9 Å². The molecule has 0 aliphatic rings.